The molecule has 0 unspecified atom stereocenters. The van der Waals surface area contributed by atoms with Crippen LogP contribution in [0.25, 0.3) is 0 Å². The summed E-state index contributed by atoms with van der Waals surface area (Å²) in [6.45, 7) is 3.05. The number of hydrogen-bond acceptors (Lipinski definition) is 3. The standard InChI is InChI=1S/C12H11NO2S/c1-8(14)12(2)11(15)13-10(16-12)9-6-4-3-5-7-9/h3-7H,1-2H3/t12-/m1/s1. The molecule has 0 aromatic heterocycles. The molecule has 0 spiro atoms. The molecule has 0 aliphatic carbocycles. The number of nitrogens with zero attached hydrogens (tertiary/aromatic N) is 1. The molecule has 0 radical (unpaired) electrons. The van der Waals surface area contributed by atoms with E-state index in [1.165, 1.54) is 18.7 Å². The van der Waals surface area contributed by atoms with Gasteiger partial charge in [0, 0.05) is 5.56 Å². The van der Waals surface area contributed by atoms with Gasteiger partial charge in [-0.1, -0.05) is 42.1 Å². The topological polar surface area (TPSA) is 46.5 Å². The molecule has 1 aromatic rings. The number of benzene rings is 1. The van der Waals surface area contributed by atoms with Gasteiger partial charge < -0.3 is 0 Å². The van der Waals surface area contributed by atoms with Gasteiger partial charge in [-0.05, 0) is 13.8 Å². The number of ketones is 1. The van der Waals surface area contributed by atoms with Crippen LogP contribution in [0, 0.1) is 0 Å². The molecule has 1 amide bonds. The van der Waals surface area contributed by atoms with E-state index in [-0.39, 0.29) is 11.7 Å². The highest BCUT2D eigenvalue weighted by Gasteiger charge is 2.45. The van der Waals surface area contributed by atoms with Gasteiger partial charge in [0.25, 0.3) is 5.91 Å². The SMILES string of the molecule is CC(=O)[C@@]1(C)SC(c2ccccc2)=NC1=O. The molecule has 1 aliphatic heterocycles. The van der Waals surface area contributed by atoms with Gasteiger partial charge in [0.1, 0.15) is 5.04 Å². The van der Waals surface area contributed by atoms with E-state index in [1.807, 2.05) is 30.3 Å². The van der Waals surface area contributed by atoms with Gasteiger partial charge in [-0.25, -0.2) is 4.99 Å². The molecule has 16 heavy (non-hydrogen) atoms. The molecule has 0 fully saturated rings. The van der Waals surface area contributed by atoms with Crippen LogP contribution in [0.15, 0.2) is 35.3 Å². The molecule has 4 heteroatoms. The quantitative estimate of drug-likeness (QED) is 0.734. The predicted molar refractivity (Wildman–Crippen MR) is 64.7 cm³/mol. The van der Waals surface area contributed by atoms with E-state index in [9.17, 15) is 9.59 Å². The summed E-state index contributed by atoms with van der Waals surface area (Å²) in [6.07, 6.45) is 0. The molecule has 1 heterocycles. The maximum absolute atomic E-state index is 11.7. The van der Waals surface area contributed by atoms with Crippen molar-refractivity contribution in [2.45, 2.75) is 18.6 Å². The summed E-state index contributed by atoms with van der Waals surface area (Å²) >= 11 is 1.23. The van der Waals surface area contributed by atoms with Crippen molar-refractivity contribution in [1.82, 2.24) is 0 Å². The van der Waals surface area contributed by atoms with Gasteiger partial charge in [0.05, 0.1) is 0 Å². The van der Waals surface area contributed by atoms with Gasteiger partial charge in [-0.2, -0.15) is 0 Å². The molecular formula is C12H11NO2S. The molecule has 1 aliphatic rings. The van der Waals surface area contributed by atoms with Crippen LogP contribution >= 0.6 is 11.8 Å². The Balaban J connectivity index is 2.34. The number of carbonyl (C=O) groups excluding carboxylic acids is 2. The lowest BCUT2D eigenvalue weighted by atomic mass is 10.1. The van der Waals surface area contributed by atoms with Crippen molar-refractivity contribution in [3.63, 3.8) is 0 Å². The van der Waals surface area contributed by atoms with Crippen LogP contribution in [0.2, 0.25) is 0 Å². The second-order valence-corrected chi connectivity index (χ2v) is 5.19. The number of hydrogen-bond donors (Lipinski definition) is 0. The maximum atomic E-state index is 11.7. The first-order chi connectivity index (χ1) is 7.54. The third kappa shape index (κ3) is 1.69. The molecule has 3 nitrogen and oxygen atoms in total. The van der Waals surface area contributed by atoms with Crippen molar-refractivity contribution in [3.8, 4) is 0 Å². The lowest BCUT2D eigenvalue weighted by Gasteiger charge is -2.15. The molecule has 0 saturated carbocycles. The van der Waals surface area contributed by atoms with E-state index in [2.05, 4.69) is 4.99 Å². The number of carbonyl (C=O) groups is 2. The first-order valence-corrected chi connectivity index (χ1v) is 5.74. The van der Waals surface area contributed by atoms with Gasteiger partial charge in [-0.3, -0.25) is 9.59 Å². The molecule has 0 bridgehead atoms. The second-order valence-electron chi connectivity index (χ2n) is 3.78. The van der Waals surface area contributed by atoms with Crippen LogP contribution in [-0.2, 0) is 9.59 Å². The molecular weight excluding hydrogens is 222 g/mol. The van der Waals surface area contributed by atoms with Gasteiger partial charge in [0.2, 0.25) is 0 Å². The molecule has 2 rings (SSSR count). The fourth-order valence-corrected chi connectivity index (χ4v) is 2.43. The lowest BCUT2D eigenvalue weighted by Crippen LogP contribution is -2.35. The van der Waals surface area contributed by atoms with E-state index in [4.69, 9.17) is 0 Å². The van der Waals surface area contributed by atoms with Gasteiger partial charge in [-0.15, -0.1) is 0 Å². The van der Waals surface area contributed by atoms with Crippen LogP contribution in [0.4, 0.5) is 0 Å². The average Bonchev–Trinajstić information content (AvgIpc) is 2.58. The fourth-order valence-electron chi connectivity index (χ4n) is 1.39. The van der Waals surface area contributed by atoms with Crippen molar-refractivity contribution in [2.75, 3.05) is 0 Å². The van der Waals surface area contributed by atoms with E-state index in [0.717, 1.165) is 5.56 Å². The number of thioether (sulfide) groups is 1. The summed E-state index contributed by atoms with van der Waals surface area (Å²) in [5.74, 6) is -0.513. The average molecular weight is 233 g/mol. The first-order valence-electron chi connectivity index (χ1n) is 4.92. The Bertz CT molecular complexity index is 481. The number of rotatable bonds is 2. The summed E-state index contributed by atoms with van der Waals surface area (Å²) in [7, 11) is 0. The van der Waals surface area contributed by atoms with E-state index in [0.29, 0.717) is 5.04 Å². The van der Waals surface area contributed by atoms with Crippen molar-refractivity contribution in [2.24, 2.45) is 4.99 Å². The van der Waals surface area contributed by atoms with Crippen molar-refractivity contribution in [1.29, 1.82) is 0 Å². The highest BCUT2D eigenvalue weighted by molar-refractivity contribution is 8.17. The van der Waals surface area contributed by atoms with Crippen LogP contribution in [0.1, 0.15) is 19.4 Å². The Morgan fingerprint density at radius 1 is 1.31 bits per heavy atom. The monoisotopic (exact) mass is 233 g/mol. The first kappa shape index (κ1) is 11.1. The zero-order chi connectivity index (χ0) is 11.8. The van der Waals surface area contributed by atoms with E-state index < -0.39 is 4.75 Å². The highest BCUT2D eigenvalue weighted by Crippen LogP contribution is 2.36. The maximum Gasteiger partial charge on any atom is 0.270 e. The van der Waals surface area contributed by atoms with Gasteiger partial charge in [0.15, 0.2) is 10.5 Å². The largest absolute Gasteiger partial charge is 0.298 e. The normalized spacial score (nSPS) is 24.4. The van der Waals surface area contributed by atoms with Crippen LogP contribution in [0.5, 0.6) is 0 Å². The summed E-state index contributed by atoms with van der Waals surface area (Å²) in [6, 6.07) is 9.42. The lowest BCUT2D eigenvalue weighted by molar-refractivity contribution is -0.127. The highest BCUT2D eigenvalue weighted by atomic mass is 32.2. The van der Waals surface area contributed by atoms with Crippen LogP contribution in [0.3, 0.4) is 0 Å². The number of aliphatic imine (C=N–C) groups is 1. The summed E-state index contributed by atoms with van der Waals surface area (Å²) in [5.41, 5.74) is 0.880. The van der Waals surface area contributed by atoms with Crippen molar-refractivity contribution in [3.05, 3.63) is 35.9 Å². The Morgan fingerprint density at radius 3 is 2.44 bits per heavy atom. The predicted octanol–water partition coefficient (Wildman–Crippen LogP) is 2.05. The zero-order valence-corrected chi connectivity index (χ0v) is 9.88. The minimum absolute atomic E-state index is 0.155. The third-order valence-electron chi connectivity index (χ3n) is 2.60. The molecule has 0 saturated heterocycles. The van der Waals surface area contributed by atoms with E-state index in [1.54, 1.807) is 6.92 Å². The van der Waals surface area contributed by atoms with E-state index >= 15 is 0 Å². The molecule has 82 valence electrons. The summed E-state index contributed by atoms with van der Waals surface area (Å²) < 4.78 is -1.04. The smallest absolute Gasteiger partial charge is 0.270 e. The number of amides is 1. The Labute approximate surface area is 98.0 Å². The van der Waals surface area contributed by atoms with Crippen LogP contribution in [-0.4, -0.2) is 21.5 Å². The van der Waals surface area contributed by atoms with Crippen LogP contribution < -0.4 is 0 Å². The summed E-state index contributed by atoms with van der Waals surface area (Å²) in [5, 5.41) is 0.628. The summed E-state index contributed by atoms with van der Waals surface area (Å²) in [4.78, 5) is 27.1. The Morgan fingerprint density at radius 2 is 1.94 bits per heavy atom. The minimum atomic E-state index is -1.04. The number of Topliss-reactive ketones (excluding diaryl/α,β-unsaturated/α-hetero) is 1. The molecule has 1 aromatic carbocycles. The van der Waals surface area contributed by atoms with Crippen molar-refractivity contribution < 1.29 is 9.59 Å². The third-order valence-corrected chi connectivity index (χ3v) is 4.00. The Kier molecular flexibility index (Phi) is 2.68. The zero-order valence-electron chi connectivity index (χ0n) is 9.06. The van der Waals surface area contributed by atoms with Crippen molar-refractivity contribution >= 4 is 28.5 Å². The van der Waals surface area contributed by atoms with Gasteiger partial charge >= 0.3 is 0 Å². The minimum Gasteiger partial charge on any atom is -0.298 e. The second kappa shape index (κ2) is 3.87. The Hall–Kier alpha value is -1.42. The fraction of sp³-hybridized carbons (Fsp3) is 0.250. The molecule has 1 atom stereocenters. The molecule has 0 N–H and O–H groups in total.